The van der Waals surface area contributed by atoms with Crippen molar-refractivity contribution in [3.8, 4) is 0 Å². The topological polar surface area (TPSA) is 66.9 Å². The Hall–Kier alpha value is -2.99. The number of amides is 1. The van der Waals surface area contributed by atoms with Gasteiger partial charge in [-0.3, -0.25) is 4.79 Å². The number of rotatable bonds is 4. The number of hydrogen-bond acceptors (Lipinski definition) is 4. The van der Waals surface area contributed by atoms with Gasteiger partial charge in [-0.15, -0.1) is 0 Å². The molecule has 1 heterocycles. The number of aromatic nitrogens is 2. The van der Waals surface area contributed by atoms with E-state index in [-0.39, 0.29) is 10.6 Å². The zero-order chi connectivity index (χ0) is 18.7. The number of anilines is 3. The second-order valence-electron chi connectivity index (χ2n) is 5.77. The third-order valence-electron chi connectivity index (χ3n) is 3.81. The van der Waals surface area contributed by atoms with Crippen LogP contribution in [0.1, 0.15) is 21.5 Å². The number of nitrogens with zero attached hydrogens (tertiary/aromatic N) is 2. The van der Waals surface area contributed by atoms with Gasteiger partial charge in [0.05, 0.1) is 10.6 Å². The number of benzene rings is 2. The molecule has 0 saturated carbocycles. The lowest BCUT2D eigenvalue weighted by atomic mass is 10.1. The molecule has 2 aromatic carbocycles. The molecule has 0 fully saturated rings. The summed E-state index contributed by atoms with van der Waals surface area (Å²) in [5, 5.41) is 5.72. The van der Waals surface area contributed by atoms with Crippen molar-refractivity contribution in [2.45, 2.75) is 13.8 Å². The molecular formula is C19H16ClFN4O. The summed E-state index contributed by atoms with van der Waals surface area (Å²) in [5.74, 6) is -0.565. The van der Waals surface area contributed by atoms with Gasteiger partial charge in [-0.25, -0.2) is 14.4 Å². The molecule has 0 aliphatic carbocycles. The fourth-order valence-corrected chi connectivity index (χ4v) is 2.59. The molecule has 0 bridgehead atoms. The van der Waals surface area contributed by atoms with Gasteiger partial charge in [0, 0.05) is 23.8 Å². The maximum atomic E-state index is 13.2. The summed E-state index contributed by atoms with van der Waals surface area (Å²) in [6.45, 7) is 3.98. The van der Waals surface area contributed by atoms with Gasteiger partial charge < -0.3 is 10.6 Å². The van der Waals surface area contributed by atoms with Gasteiger partial charge in [-0.05, 0) is 43.2 Å². The second kappa shape index (κ2) is 7.49. The Morgan fingerprint density at radius 1 is 1.08 bits per heavy atom. The standard InChI is InChI=1S/C19H16ClFN4O/c1-11-4-3-5-12(2)17(11)25-19-22-9-13(10-23-19)18(26)24-14-6-7-16(21)15(20)8-14/h3-10H,1-2H3,(H,24,26)(H,22,23,25). The molecule has 1 amide bonds. The molecule has 7 heteroatoms. The van der Waals surface area contributed by atoms with Crippen LogP contribution in [0.5, 0.6) is 0 Å². The number of aryl methyl sites for hydroxylation is 2. The highest BCUT2D eigenvalue weighted by Gasteiger charge is 2.10. The predicted molar refractivity (Wildman–Crippen MR) is 101 cm³/mol. The molecule has 1 aromatic heterocycles. The molecule has 132 valence electrons. The molecule has 26 heavy (non-hydrogen) atoms. The smallest absolute Gasteiger partial charge is 0.258 e. The Morgan fingerprint density at radius 2 is 1.73 bits per heavy atom. The lowest BCUT2D eigenvalue weighted by Gasteiger charge is -2.11. The quantitative estimate of drug-likeness (QED) is 0.686. The van der Waals surface area contributed by atoms with Gasteiger partial charge in [0.25, 0.3) is 5.91 Å². The summed E-state index contributed by atoms with van der Waals surface area (Å²) in [6.07, 6.45) is 2.84. The Morgan fingerprint density at radius 3 is 2.35 bits per heavy atom. The highest BCUT2D eigenvalue weighted by atomic mass is 35.5. The molecule has 0 saturated heterocycles. The van der Waals surface area contributed by atoms with E-state index in [0.717, 1.165) is 16.8 Å². The van der Waals surface area contributed by atoms with Crippen molar-refractivity contribution in [1.82, 2.24) is 9.97 Å². The first kappa shape index (κ1) is 17.8. The zero-order valence-corrected chi connectivity index (χ0v) is 14.9. The summed E-state index contributed by atoms with van der Waals surface area (Å²) < 4.78 is 13.2. The van der Waals surface area contributed by atoms with E-state index in [4.69, 9.17) is 11.6 Å². The van der Waals surface area contributed by atoms with Crippen LogP contribution in [0.3, 0.4) is 0 Å². The van der Waals surface area contributed by atoms with Crippen LogP contribution in [-0.4, -0.2) is 15.9 Å². The number of hydrogen-bond donors (Lipinski definition) is 2. The van der Waals surface area contributed by atoms with Crippen molar-refractivity contribution in [2.75, 3.05) is 10.6 Å². The SMILES string of the molecule is Cc1cccc(C)c1Nc1ncc(C(=O)Nc2ccc(F)c(Cl)c2)cn1. The van der Waals surface area contributed by atoms with Gasteiger partial charge in [-0.2, -0.15) is 0 Å². The maximum absolute atomic E-state index is 13.2. The molecular weight excluding hydrogens is 355 g/mol. The van der Waals surface area contributed by atoms with Crippen LogP contribution in [0.2, 0.25) is 5.02 Å². The summed E-state index contributed by atoms with van der Waals surface area (Å²) in [5.41, 5.74) is 3.74. The van der Waals surface area contributed by atoms with Crippen LogP contribution in [-0.2, 0) is 0 Å². The van der Waals surface area contributed by atoms with Crippen molar-refractivity contribution in [3.63, 3.8) is 0 Å². The predicted octanol–water partition coefficient (Wildman–Crippen LogP) is 4.88. The number of carbonyl (C=O) groups excluding carboxylic acids is 1. The van der Waals surface area contributed by atoms with E-state index >= 15 is 0 Å². The second-order valence-corrected chi connectivity index (χ2v) is 6.18. The van der Waals surface area contributed by atoms with E-state index in [1.54, 1.807) is 0 Å². The number of para-hydroxylation sites is 1. The Labute approximate surface area is 155 Å². The summed E-state index contributed by atoms with van der Waals surface area (Å²) in [4.78, 5) is 20.6. The highest BCUT2D eigenvalue weighted by molar-refractivity contribution is 6.31. The first-order valence-corrected chi connectivity index (χ1v) is 8.23. The molecule has 0 aliphatic rings. The van der Waals surface area contributed by atoms with Crippen LogP contribution < -0.4 is 10.6 Å². The average molecular weight is 371 g/mol. The van der Waals surface area contributed by atoms with Crippen LogP contribution >= 0.6 is 11.6 Å². The Balaban J connectivity index is 1.72. The molecule has 3 aromatic rings. The monoisotopic (exact) mass is 370 g/mol. The van der Waals surface area contributed by atoms with Crippen molar-refractivity contribution < 1.29 is 9.18 Å². The lowest BCUT2D eigenvalue weighted by molar-refractivity contribution is 0.102. The van der Waals surface area contributed by atoms with Crippen LogP contribution in [0.4, 0.5) is 21.7 Å². The minimum atomic E-state index is -0.546. The van der Waals surface area contributed by atoms with E-state index in [0.29, 0.717) is 11.6 Å². The van der Waals surface area contributed by atoms with Crippen molar-refractivity contribution in [1.29, 1.82) is 0 Å². The van der Waals surface area contributed by atoms with Crippen molar-refractivity contribution in [2.24, 2.45) is 0 Å². The largest absolute Gasteiger partial charge is 0.324 e. The summed E-state index contributed by atoms with van der Waals surface area (Å²) in [7, 11) is 0. The fourth-order valence-electron chi connectivity index (χ4n) is 2.41. The molecule has 0 aliphatic heterocycles. The molecule has 0 atom stereocenters. The van der Waals surface area contributed by atoms with Crippen LogP contribution in [0.15, 0.2) is 48.8 Å². The van der Waals surface area contributed by atoms with E-state index in [1.165, 1.54) is 30.6 Å². The van der Waals surface area contributed by atoms with Gasteiger partial charge in [0.2, 0.25) is 5.95 Å². The van der Waals surface area contributed by atoms with E-state index in [1.807, 2.05) is 32.0 Å². The molecule has 0 unspecified atom stereocenters. The average Bonchev–Trinajstić information content (AvgIpc) is 2.62. The van der Waals surface area contributed by atoms with Gasteiger partial charge >= 0.3 is 0 Å². The van der Waals surface area contributed by atoms with Crippen LogP contribution in [0.25, 0.3) is 0 Å². The summed E-state index contributed by atoms with van der Waals surface area (Å²) in [6, 6.07) is 9.91. The first-order valence-electron chi connectivity index (χ1n) is 7.86. The third kappa shape index (κ3) is 3.97. The third-order valence-corrected chi connectivity index (χ3v) is 4.10. The molecule has 3 rings (SSSR count). The zero-order valence-electron chi connectivity index (χ0n) is 14.2. The first-order chi connectivity index (χ1) is 12.4. The normalized spacial score (nSPS) is 10.5. The number of carbonyl (C=O) groups is 1. The minimum Gasteiger partial charge on any atom is -0.324 e. The highest BCUT2D eigenvalue weighted by Crippen LogP contribution is 2.23. The lowest BCUT2D eigenvalue weighted by Crippen LogP contribution is -2.13. The number of nitrogens with one attached hydrogen (secondary N) is 2. The molecule has 2 N–H and O–H groups in total. The van der Waals surface area contributed by atoms with Gasteiger partial charge in [-0.1, -0.05) is 29.8 Å². The Kier molecular flexibility index (Phi) is 5.14. The van der Waals surface area contributed by atoms with E-state index in [2.05, 4.69) is 20.6 Å². The fraction of sp³-hybridized carbons (Fsp3) is 0.105. The van der Waals surface area contributed by atoms with Gasteiger partial charge in [0.1, 0.15) is 5.82 Å². The molecule has 0 spiro atoms. The molecule has 5 nitrogen and oxygen atoms in total. The van der Waals surface area contributed by atoms with Crippen molar-refractivity contribution >= 4 is 34.8 Å². The van der Waals surface area contributed by atoms with Crippen molar-refractivity contribution in [3.05, 3.63) is 76.3 Å². The van der Waals surface area contributed by atoms with E-state index in [9.17, 15) is 9.18 Å². The van der Waals surface area contributed by atoms with Gasteiger partial charge in [0.15, 0.2) is 0 Å². The number of halogens is 2. The molecule has 0 radical (unpaired) electrons. The van der Waals surface area contributed by atoms with E-state index < -0.39 is 11.7 Å². The Bertz CT molecular complexity index is 940. The minimum absolute atomic E-state index is 0.0628. The maximum Gasteiger partial charge on any atom is 0.258 e. The summed E-state index contributed by atoms with van der Waals surface area (Å²) >= 11 is 5.71. The van der Waals surface area contributed by atoms with Crippen LogP contribution in [0, 0.1) is 19.7 Å².